The van der Waals surface area contributed by atoms with E-state index in [2.05, 4.69) is 59.3 Å². The number of aromatic nitrogens is 14. The number of H-pyrrole nitrogens is 2. The van der Waals surface area contributed by atoms with Crippen LogP contribution < -0.4 is 20.9 Å². The topological polar surface area (TPSA) is 207 Å². The molecule has 8 aromatic heterocycles. The van der Waals surface area contributed by atoms with Gasteiger partial charge in [0.1, 0.15) is 35.2 Å². The highest BCUT2D eigenvalue weighted by atomic mass is 19.4. The summed E-state index contributed by atoms with van der Waals surface area (Å²) in [5.74, 6) is -0.424. The van der Waals surface area contributed by atoms with Gasteiger partial charge in [-0.2, -0.15) is 9.97 Å². The lowest BCUT2D eigenvalue weighted by Crippen LogP contribution is -2.18. The lowest BCUT2D eigenvalue weighted by atomic mass is 10.3. The molecule has 0 aliphatic carbocycles. The van der Waals surface area contributed by atoms with Gasteiger partial charge in [-0.05, 0) is 47.5 Å². The lowest BCUT2D eigenvalue weighted by molar-refractivity contribution is -0.275. The Balaban J connectivity index is 0.000000170. The van der Waals surface area contributed by atoms with Crippen molar-refractivity contribution in [3.05, 3.63) is 143 Å². The number of alkyl halides is 6. The third-order valence-electron chi connectivity index (χ3n) is 9.06. The zero-order valence-electron chi connectivity index (χ0n) is 31.1. The van der Waals surface area contributed by atoms with E-state index in [-0.39, 0.29) is 55.1 Å². The van der Waals surface area contributed by atoms with Crippen LogP contribution in [0.1, 0.15) is 18.6 Å². The molecule has 0 fully saturated rings. The number of rotatable bonds is 8. The molecule has 18 nitrogen and oxygen atoms in total. The van der Waals surface area contributed by atoms with Crippen LogP contribution in [-0.4, -0.2) is 80.8 Å². The molecule has 2 N–H and O–H groups in total. The van der Waals surface area contributed by atoms with E-state index in [0.29, 0.717) is 38.9 Å². The predicted molar refractivity (Wildman–Crippen MR) is 212 cm³/mol. The first kappa shape index (κ1) is 41.3. The van der Waals surface area contributed by atoms with Crippen LogP contribution in [0.5, 0.6) is 11.5 Å². The SMILES string of the molecule is C.O=c1[nH]c2cnc(-n3cnc4cc(OC(F)(F)F)ccc43)nc2n1Cc1cccnc1.O=c1[nH]c2cnc(-n3cnc4ccc(OC(F)(F)F)cc43)nc2n1Cc1cccnc1. The van der Waals surface area contributed by atoms with E-state index < -0.39 is 18.5 Å². The highest BCUT2D eigenvalue weighted by Crippen LogP contribution is 2.29. The molecule has 0 amide bonds. The van der Waals surface area contributed by atoms with Crippen LogP contribution >= 0.6 is 0 Å². The third kappa shape index (κ3) is 8.75. The largest absolute Gasteiger partial charge is 0.573 e. The molecule has 10 rings (SSSR count). The number of ether oxygens (including phenoxy) is 2. The van der Waals surface area contributed by atoms with Crippen molar-refractivity contribution in [3.63, 3.8) is 0 Å². The molecule has 0 radical (unpaired) electrons. The maximum Gasteiger partial charge on any atom is 0.573 e. The Bertz CT molecular complexity index is 3360. The summed E-state index contributed by atoms with van der Waals surface area (Å²) in [5, 5.41) is 0. The van der Waals surface area contributed by atoms with Gasteiger partial charge in [-0.1, -0.05) is 19.6 Å². The van der Waals surface area contributed by atoms with E-state index in [0.717, 1.165) is 11.1 Å². The van der Waals surface area contributed by atoms with Crippen LogP contribution in [0.25, 0.3) is 56.3 Å². The maximum absolute atomic E-state index is 12.6. The molecule has 0 saturated carbocycles. The van der Waals surface area contributed by atoms with Gasteiger partial charge in [0.05, 0.1) is 47.6 Å². The molecule has 0 aliphatic heterocycles. The number of pyridine rings is 2. The van der Waals surface area contributed by atoms with Crippen molar-refractivity contribution in [2.75, 3.05) is 0 Å². The summed E-state index contributed by atoms with van der Waals surface area (Å²) in [6, 6.07) is 14.7. The standard InChI is InChI=1S/2C19H12F3N7O2.CH4/c20-19(21,22)31-12-3-4-15-13(6-12)25-10-29(15)17-24-8-14-16(27-17)28(18(30)26-14)9-11-2-1-5-23-7-11;20-19(21,22)31-12-3-4-13-15(6-12)29(10-25-13)17-24-8-14-16(27-17)28(18(30)26-14)9-11-2-1-5-23-7-11;/h2*1-8,10H,9H2,(H,26,30);1H4. The van der Waals surface area contributed by atoms with Crippen molar-refractivity contribution in [2.45, 2.75) is 33.2 Å². The first-order valence-corrected chi connectivity index (χ1v) is 17.9. The van der Waals surface area contributed by atoms with E-state index in [9.17, 15) is 35.9 Å². The van der Waals surface area contributed by atoms with Crippen molar-refractivity contribution in [1.82, 2.24) is 68.1 Å². The zero-order chi connectivity index (χ0) is 43.2. The summed E-state index contributed by atoms with van der Waals surface area (Å²) in [6.07, 6.45) is 2.61. The highest BCUT2D eigenvalue weighted by Gasteiger charge is 2.32. The number of hydrogen-bond acceptors (Lipinski definition) is 12. The summed E-state index contributed by atoms with van der Waals surface area (Å²) >= 11 is 0. The second-order valence-electron chi connectivity index (χ2n) is 13.2. The fourth-order valence-electron chi connectivity index (χ4n) is 6.44. The number of fused-ring (bicyclic) bond motifs is 4. The summed E-state index contributed by atoms with van der Waals surface area (Å²) in [4.78, 5) is 63.9. The Morgan fingerprint density at radius 2 is 1.06 bits per heavy atom. The van der Waals surface area contributed by atoms with Gasteiger partial charge in [0.2, 0.25) is 11.9 Å². The van der Waals surface area contributed by atoms with Crippen LogP contribution in [0.2, 0.25) is 0 Å². The number of hydrogen-bond donors (Lipinski definition) is 2. The summed E-state index contributed by atoms with van der Waals surface area (Å²) in [7, 11) is 0. The van der Waals surface area contributed by atoms with Crippen molar-refractivity contribution in [3.8, 4) is 23.4 Å². The summed E-state index contributed by atoms with van der Waals surface area (Å²) in [6.45, 7) is 0.489. The second-order valence-corrected chi connectivity index (χ2v) is 13.2. The first-order chi connectivity index (χ1) is 29.7. The van der Waals surface area contributed by atoms with Gasteiger partial charge in [0.25, 0.3) is 0 Å². The molecule has 0 unspecified atom stereocenters. The predicted octanol–water partition coefficient (Wildman–Crippen LogP) is 6.24. The van der Waals surface area contributed by atoms with Gasteiger partial charge in [0, 0.05) is 36.9 Å². The van der Waals surface area contributed by atoms with Gasteiger partial charge < -0.3 is 19.4 Å². The summed E-state index contributed by atoms with van der Waals surface area (Å²) in [5.41, 5.74) is 3.96. The number of nitrogens with one attached hydrogen (secondary N) is 2. The van der Waals surface area contributed by atoms with E-state index in [1.54, 1.807) is 36.9 Å². The molecule has 0 saturated heterocycles. The Hall–Kier alpha value is -8.44. The highest BCUT2D eigenvalue weighted by molar-refractivity contribution is 5.80. The van der Waals surface area contributed by atoms with Crippen LogP contribution in [0.4, 0.5) is 26.3 Å². The molecule has 2 aromatic carbocycles. The molecule has 0 spiro atoms. The Labute approximate surface area is 347 Å². The van der Waals surface area contributed by atoms with E-state index >= 15 is 0 Å². The molecule has 320 valence electrons. The number of aromatic amines is 2. The molecule has 10 aromatic rings. The normalized spacial score (nSPS) is 11.8. The van der Waals surface area contributed by atoms with Crippen LogP contribution in [0.15, 0.2) is 120 Å². The van der Waals surface area contributed by atoms with Gasteiger partial charge in [-0.15, -0.1) is 26.3 Å². The number of imidazole rings is 4. The van der Waals surface area contributed by atoms with E-state index in [1.807, 2.05) is 12.1 Å². The first-order valence-electron chi connectivity index (χ1n) is 17.9. The van der Waals surface area contributed by atoms with Crippen molar-refractivity contribution in [1.29, 1.82) is 0 Å². The fourth-order valence-corrected chi connectivity index (χ4v) is 6.44. The van der Waals surface area contributed by atoms with Gasteiger partial charge >= 0.3 is 24.1 Å². The third-order valence-corrected chi connectivity index (χ3v) is 9.06. The Morgan fingerprint density at radius 1 is 0.571 bits per heavy atom. The van der Waals surface area contributed by atoms with E-state index in [4.69, 9.17) is 0 Å². The molecule has 24 heteroatoms. The molecular formula is C39H28F6N14O4. The zero-order valence-corrected chi connectivity index (χ0v) is 31.1. The minimum atomic E-state index is -4.82. The van der Waals surface area contributed by atoms with Gasteiger partial charge in [-0.3, -0.25) is 28.2 Å². The molecule has 0 aliphatic rings. The minimum Gasteiger partial charge on any atom is -0.406 e. The minimum absolute atomic E-state index is 0. The quantitative estimate of drug-likeness (QED) is 0.163. The van der Waals surface area contributed by atoms with Gasteiger partial charge in [0.15, 0.2) is 11.3 Å². The lowest BCUT2D eigenvalue weighted by Gasteiger charge is -2.09. The van der Waals surface area contributed by atoms with E-state index in [1.165, 1.54) is 79.7 Å². The van der Waals surface area contributed by atoms with Gasteiger partial charge in [-0.25, -0.2) is 29.5 Å². The fraction of sp³-hybridized carbons (Fsp3) is 0.128. The van der Waals surface area contributed by atoms with Crippen LogP contribution in [0, 0.1) is 0 Å². The average molecular weight is 871 g/mol. The van der Waals surface area contributed by atoms with Crippen molar-refractivity contribution < 1.29 is 35.8 Å². The molecule has 63 heavy (non-hydrogen) atoms. The second kappa shape index (κ2) is 16.2. The maximum atomic E-state index is 12.6. The molecule has 0 bridgehead atoms. The Kier molecular flexibility index (Phi) is 10.6. The van der Waals surface area contributed by atoms with Crippen molar-refractivity contribution in [2.24, 2.45) is 0 Å². The number of halogens is 6. The van der Waals surface area contributed by atoms with Crippen molar-refractivity contribution >= 4 is 44.4 Å². The van der Waals surface area contributed by atoms with Crippen LogP contribution in [-0.2, 0) is 13.1 Å². The number of nitrogens with zero attached hydrogens (tertiary/aromatic N) is 12. The average Bonchev–Trinajstić information content (AvgIpc) is 4.00. The molecular weight excluding hydrogens is 843 g/mol. The Morgan fingerprint density at radius 3 is 1.57 bits per heavy atom. The summed E-state index contributed by atoms with van der Waals surface area (Å²) < 4.78 is 88.8. The smallest absolute Gasteiger partial charge is 0.406 e. The monoisotopic (exact) mass is 870 g/mol. The molecule has 0 atom stereocenters. The van der Waals surface area contributed by atoms with Crippen LogP contribution in [0.3, 0.4) is 0 Å². The molecule has 8 heterocycles. The number of benzene rings is 2.